The van der Waals surface area contributed by atoms with E-state index in [0.717, 1.165) is 60.7 Å². The fourth-order valence-electron chi connectivity index (χ4n) is 3.59. The van der Waals surface area contributed by atoms with Crippen LogP contribution in [0.15, 0.2) is 24.4 Å². The van der Waals surface area contributed by atoms with Gasteiger partial charge in [-0.15, -0.1) is 0 Å². The van der Waals surface area contributed by atoms with Crippen LogP contribution in [0.2, 0.25) is 0 Å². The molecule has 1 fully saturated rings. The van der Waals surface area contributed by atoms with Crippen LogP contribution >= 0.6 is 0 Å². The summed E-state index contributed by atoms with van der Waals surface area (Å²) >= 11 is 0. The van der Waals surface area contributed by atoms with E-state index in [1.807, 2.05) is 39.3 Å². The number of likely N-dealkylation sites (N-methyl/N-ethyl adjacent to an activating group) is 1. The topological polar surface area (TPSA) is 60.8 Å². The summed E-state index contributed by atoms with van der Waals surface area (Å²) in [4.78, 5) is 26.6. The average molecular weight is 372 g/mol. The Morgan fingerprint density at radius 2 is 1.93 bits per heavy atom. The van der Waals surface area contributed by atoms with Crippen molar-refractivity contribution in [3.8, 4) is 0 Å². The molecule has 1 saturated carbocycles. The summed E-state index contributed by atoms with van der Waals surface area (Å²) in [6.45, 7) is 2.58. The van der Waals surface area contributed by atoms with E-state index >= 15 is 0 Å². The highest BCUT2D eigenvalue weighted by atomic mass is 16.7. The van der Waals surface area contributed by atoms with Crippen LogP contribution in [0.25, 0.3) is 10.9 Å². The SMILES string of the molecule is Cc1ccc2c(c1)c(CCN(C)C)cn2C(=O)OCOC(=O)C1CCCC1. The normalized spacial score (nSPS) is 14.8. The highest BCUT2D eigenvalue weighted by molar-refractivity contribution is 5.92. The first-order chi connectivity index (χ1) is 13.0. The highest BCUT2D eigenvalue weighted by Gasteiger charge is 2.24. The van der Waals surface area contributed by atoms with E-state index in [9.17, 15) is 9.59 Å². The van der Waals surface area contributed by atoms with Crippen molar-refractivity contribution in [3.63, 3.8) is 0 Å². The molecule has 1 aliphatic rings. The third-order valence-electron chi connectivity index (χ3n) is 5.14. The molecule has 0 radical (unpaired) electrons. The number of aryl methyl sites for hydroxylation is 1. The van der Waals surface area contributed by atoms with Gasteiger partial charge in [-0.3, -0.25) is 9.36 Å². The Morgan fingerprint density at radius 1 is 1.19 bits per heavy atom. The van der Waals surface area contributed by atoms with Crippen LogP contribution in [0, 0.1) is 12.8 Å². The zero-order valence-corrected chi connectivity index (χ0v) is 16.4. The number of ether oxygens (including phenoxy) is 2. The molecular weight excluding hydrogens is 344 g/mol. The number of carbonyl (C=O) groups is 2. The largest absolute Gasteiger partial charge is 0.428 e. The molecule has 3 rings (SSSR count). The van der Waals surface area contributed by atoms with Gasteiger partial charge in [0, 0.05) is 18.1 Å². The number of aromatic nitrogens is 1. The Bertz CT molecular complexity index is 819. The molecular formula is C21H28N2O4. The summed E-state index contributed by atoms with van der Waals surface area (Å²) in [6.07, 6.45) is 5.99. The van der Waals surface area contributed by atoms with Crippen molar-refractivity contribution in [3.05, 3.63) is 35.5 Å². The summed E-state index contributed by atoms with van der Waals surface area (Å²) in [6, 6.07) is 5.99. The molecule has 0 aliphatic heterocycles. The molecule has 146 valence electrons. The lowest BCUT2D eigenvalue weighted by Crippen LogP contribution is -2.20. The van der Waals surface area contributed by atoms with Crippen molar-refractivity contribution < 1.29 is 19.1 Å². The van der Waals surface area contributed by atoms with Crippen LogP contribution in [0.4, 0.5) is 4.79 Å². The second-order valence-electron chi connectivity index (χ2n) is 7.57. The molecule has 1 heterocycles. The van der Waals surface area contributed by atoms with E-state index in [1.165, 1.54) is 4.57 Å². The van der Waals surface area contributed by atoms with E-state index < -0.39 is 6.09 Å². The minimum absolute atomic E-state index is 0.0447. The molecule has 6 heteroatoms. The molecule has 0 bridgehead atoms. The first-order valence-electron chi connectivity index (χ1n) is 9.55. The van der Waals surface area contributed by atoms with Crippen molar-refractivity contribution in [1.29, 1.82) is 0 Å². The fourth-order valence-corrected chi connectivity index (χ4v) is 3.59. The van der Waals surface area contributed by atoms with Gasteiger partial charge < -0.3 is 14.4 Å². The maximum absolute atomic E-state index is 12.5. The van der Waals surface area contributed by atoms with Gasteiger partial charge in [0.05, 0.1) is 11.4 Å². The summed E-state index contributed by atoms with van der Waals surface area (Å²) in [5.74, 6) is -0.309. The number of hydrogen-bond donors (Lipinski definition) is 0. The molecule has 1 aromatic heterocycles. The average Bonchev–Trinajstić information content (AvgIpc) is 3.27. The first kappa shape index (κ1) is 19.4. The molecule has 0 amide bonds. The Labute approximate surface area is 160 Å². The van der Waals surface area contributed by atoms with E-state index in [1.54, 1.807) is 0 Å². The predicted molar refractivity (Wildman–Crippen MR) is 104 cm³/mol. The maximum Gasteiger partial charge on any atom is 0.421 e. The van der Waals surface area contributed by atoms with Crippen molar-refractivity contribution in [2.45, 2.75) is 39.0 Å². The fraction of sp³-hybridized carbons (Fsp3) is 0.524. The van der Waals surface area contributed by atoms with Crippen LogP contribution in [-0.4, -0.2) is 49.0 Å². The third-order valence-corrected chi connectivity index (χ3v) is 5.14. The van der Waals surface area contributed by atoms with E-state index in [-0.39, 0.29) is 18.7 Å². The smallest absolute Gasteiger partial charge is 0.421 e. The van der Waals surface area contributed by atoms with Gasteiger partial charge in [0.2, 0.25) is 6.79 Å². The number of esters is 1. The van der Waals surface area contributed by atoms with Crippen molar-refractivity contribution in [2.24, 2.45) is 5.92 Å². The van der Waals surface area contributed by atoms with Crippen LogP contribution in [0.1, 0.15) is 36.8 Å². The lowest BCUT2D eigenvalue weighted by molar-refractivity contribution is -0.156. The lowest BCUT2D eigenvalue weighted by Gasteiger charge is -2.10. The Morgan fingerprint density at radius 3 is 2.63 bits per heavy atom. The zero-order chi connectivity index (χ0) is 19.4. The van der Waals surface area contributed by atoms with Crippen LogP contribution in [0.5, 0.6) is 0 Å². The minimum Gasteiger partial charge on any atom is -0.428 e. The highest BCUT2D eigenvalue weighted by Crippen LogP contribution is 2.26. The zero-order valence-electron chi connectivity index (χ0n) is 16.4. The molecule has 0 N–H and O–H groups in total. The van der Waals surface area contributed by atoms with E-state index in [0.29, 0.717) is 0 Å². The monoisotopic (exact) mass is 372 g/mol. The van der Waals surface area contributed by atoms with Gasteiger partial charge in [0.15, 0.2) is 0 Å². The van der Waals surface area contributed by atoms with Crippen molar-refractivity contribution >= 4 is 23.0 Å². The number of hydrogen-bond acceptors (Lipinski definition) is 5. The van der Waals surface area contributed by atoms with Crippen molar-refractivity contribution in [2.75, 3.05) is 27.4 Å². The third kappa shape index (κ3) is 4.69. The number of nitrogens with zero attached hydrogens (tertiary/aromatic N) is 2. The van der Waals surface area contributed by atoms with Gasteiger partial charge in [0.25, 0.3) is 0 Å². The number of benzene rings is 1. The van der Waals surface area contributed by atoms with Gasteiger partial charge in [-0.05, 0) is 58.0 Å². The lowest BCUT2D eigenvalue weighted by atomic mass is 10.1. The molecule has 0 unspecified atom stereocenters. The Hall–Kier alpha value is -2.34. The standard InChI is InChI=1S/C21H28N2O4/c1-15-8-9-19-18(12-15)17(10-11-22(2)3)13-23(19)21(25)27-14-26-20(24)16-6-4-5-7-16/h8-9,12-13,16H,4-7,10-11,14H2,1-3H3. The summed E-state index contributed by atoms with van der Waals surface area (Å²) in [5.41, 5.74) is 3.05. The van der Waals surface area contributed by atoms with Crippen LogP contribution in [-0.2, 0) is 20.7 Å². The Balaban J connectivity index is 1.69. The van der Waals surface area contributed by atoms with E-state index in [2.05, 4.69) is 11.0 Å². The first-order valence-corrected chi connectivity index (χ1v) is 9.55. The van der Waals surface area contributed by atoms with Gasteiger partial charge in [-0.1, -0.05) is 24.5 Å². The van der Waals surface area contributed by atoms with Gasteiger partial charge in [-0.2, -0.15) is 0 Å². The maximum atomic E-state index is 12.5. The molecule has 0 spiro atoms. The molecule has 0 atom stereocenters. The second-order valence-corrected chi connectivity index (χ2v) is 7.57. The quantitative estimate of drug-likeness (QED) is 0.571. The Kier molecular flexibility index (Phi) is 6.16. The summed E-state index contributed by atoms with van der Waals surface area (Å²) < 4.78 is 11.8. The molecule has 27 heavy (non-hydrogen) atoms. The molecule has 1 aromatic carbocycles. The molecule has 1 aliphatic carbocycles. The van der Waals surface area contributed by atoms with Crippen molar-refractivity contribution in [1.82, 2.24) is 9.47 Å². The van der Waals surface area contributed by atoms with Crippen LogP contribution < -0.4 is 0 Å². The molecule has 2 aromatic rings. The number of carbonyl (C=O) groups excluding carboxylic acids is 2. The molecule has 0 saturated heterocycles. The second kappa shape index (κ2) is 8.57. The molecule has 6 nitrogen and oxygen atoms in total. The summed E-state index contributed by atoms with van der Waals surface area (Å²) in [5, 5.41) is 1.05. The van der Waals surface area contributed by atoms with E-state index in [4.69, 9.17) is 9.47 Å². The predicted octanol–water partition coefficient (Wildman–Crippen LogP) is 3.73. The number of fused-ring (bicyclic) bond motifs is 1. The van der Waals surface area contributed by atoms with Gasteiger partial charge in [-0.25, -0.2) is 4.79 Å². The summed E-state index contributed by atoms with van der Waals surface area (Å²) in [7, 11) is 4.05. The van der Waals surface area contributed by atoms with Crippen LogP contribution in [0.3, 0.4) is 0 Å². The number of rotatable bonds is 6. The van der Waals surface area contributed by atoms with Gasteiger partial charge >= 0.3 is 12.1 Å². The minimum atomic E-state index is -0.529. The van der Waals surface area contributed by atoms with Gasteiger partial charge in [0.1, 0.15) is 0 Å².